The Kier molecular flexibility index (Phi) is 9.85. The van der Waals surface area contributed by atoms with Gasteiger partial charge >= 0.3 is 0 Å². The van der Waals surface area contributed by atoms with Crippen LogP contribution in [0.1, 0.15) is 18.1 Å². The highest BCUT2D eigenvalue weighted by Crippen LogP contribution is 2.11. The smallest absolute Gasteiger partial charge is 0.243 e. The van der Waals surface area contributed by atoms with Gasteiger partial charge < -0.3 is 16.0 Å². The number of carbonyl (C=O) groups excluding carboxylic acids is 1. The lowest BCUT2D eigenvalue weighted by molar-refractivity contribution is -0.115. The third-order valence-electron chi connectivity index (χ3n) is 4.24. The number of nitrogens with zero attached hydrogens (tertiary/aromatic N) is 3. The van der Waals surface area contributed by atoms with Gasteiger partial charge in [0.05, 0.1) is 19.6 Å². The number of amides is 1. The maximum absolute atomic E-state index is 12.2. The zero-order chi connectivity index (χ0) is 20.3. The molecule has 30 heavy (non-hydrogen) atoms. The van der Waals surface area contributed by atoms with Crippen molar-refractivity contribution in [2.24, 2.45) is 4.99 Å². The van der Waals surface area contributed by atoms with Crippen molar-refractivity contribution in [3.63, 3.8) is 0 Å². The quantitative estimate of drug-likeness (QED) is 0.243. The van der Waals surface area contributed by atoms with Crippen LogP contribution in [0, 0.1) is 0 Å². The molecule has 2 aromatic carbocycles. The molecule has 0 atom stereocenters. The number of aliphatic imine (C=N–C) groups is 1. The highest BCUT2D eigenvalue weighted by molar-refractivity contribution is 14.0. The van der Waals surface area contributed by atoms with Crippen LogP contribution in [0.2, 0.25) is 0 Å². The zero-order valence-corrected chi connectivity index (χ0v) is 19.2. The van der Waals surface area contributed by atoms with Crippen LogP contribution < -0.4 is 16.0 Å². The van der Waals surface area contributed by atoms with Crippen molar-refractivity contribution in [2.75, 3.05) is 18.4 Å². The van der Waals surface area contributed by atoms with Crippen LogP contribution in [-0.2, 0) is 17.9 Å². The highest BCUT2D eigenvalue weighted by Gasteiger charge is 2.06. The molecule has 0 aliphatic rings. The summed E-state index contributed by atoms with van der Waals surface area (Å²) >= 11 is 0. The number of aromatic nitrogens is 2. The van der Waals surface area contributed by atoms with Gasteiger partial charge in [0.2, 0.25) is 5.91 Å². The average Bonchev–Trinajstić information content (AvgIpc) is 3.25. The van der Waals surface area contributed by atoms with Crippen LogP contribution >= 0.6 is 24.0 Å². The normalized spacial score (nSPS) is 10.8. The van der Waals surface area contributed by atoms with E-state index in [9.17, 15) is 4.79 Å². The van der Waals surface area contributed by atoms with Gasteiger partial charge in [0.1, 0.15) is 0 Å². The molecule has 0 bridgehead atoms. The molecule has 1 aromatic heterocycles. The third kappa shape index (κ3) is 7.51. The van der Waals surface area contributed by atoms with Gasteiger partial charge in [-0.1, -0.05) is 42.5 Å². The van der Waals surface area contributed by atoms with Crippen molar-refractivity contribution in [1.82, 2.24) is 20.4 Å². The lowest BCUT2D eigenvalue weighted by Crippen LogP contribution is -2.41. The van der Waals surface area contributed by atoms with E-state index >= 15 is 0 Å². The van der Waals surface area contributed by atoms with Gasteiger partial charge in [0.15, 0.2) is 5.96 Å². The van der Waals surface area contributed by atoms with Crippen LogP contribution in [0.5, 0.6) is 0 Å². The highest BCUT2D eigenvalue weighted by atomic mass is 127. The lowest BCUT2D eigenvalue weighted by Gasteiger charge is -2.13. The molecule has 3 aromatic rings. The molecule has 0 unspecified atom stereocenters. The minimum absolute atomic E-state index is 0. The summed E-state index contributed by atoms with van der Waals surface area (Å²) in [5, 5.41) is 13.4. The van der Waals surface area contributed by atoms with Gasteiger partial charge in [-0.05, 0) is 36.2 Å². The number of guanidine groups is 1. The van der Waals surface area contributed by atoms with Gasteiger partial charge in [0, 0.05) is 24.6 Å². The summed E-state index contributed by atoms with van der Waals surface area (Å²) < 4.78 is 1.89. The molecule has 0 fully saturated rings. The molecule has 3 N–H and O–H groups in total. The molecular formula is C22H27IN6O. The second-order valence-corrected chi connectivity index (χ2v) is 6.44. The Morgan fingerprint density at radius 2 is 1.73 bits per heavy atom. The molecule has 0 saturated heterocycles. The molecule has 1 amide bonds. The number of carbonyl (C=O) groups is 1. The van der Waals surface area contributed by atoms with E-state index in [1.54, 1.807) is 6.20 Å². The van der Waals surface area contributed by atoms with E-state index in [0.717, 1.165) is 16.8 Å². The maximum Gasteiger partial charge on any atom is 0.243 e. The third-order valence-corrected chi connectivity index (χ3v) is 4.24. The van der Waals surface area contributed by atoms with Crippen molar-refractivity contribution in [1.29, 1.82) is 0 Å². The van der Waals surface area contributed by atoms with Gasteiger partial charge in [-0.3, -0.25) is 9.48 Å². The monoisotopic (exact) mass is 518 g/mol. The second kappa shape index (κ2) is 12.6. The number of hydrogen-bond donors (Lipinski definition) is 3. The van der Waals surface area contributed by atoms with Crippen molar-refractivity contribution in [2.45, 2.75) is 20.0 Å². The fourth-order valence-electron chi connectivity index (χ4n) is 2.83. The molecule has 0 saturated carbocycles. The Bertz CT molecular complexity index is 928. The van der Waals surface area contributed by atoms with Crippen molar-refractivity contribution < 1.29 is 4.79 Å². The first kappa shape index (κ1) is 23.4. The number of para-hydroxylation sites is 1. The Balaban J connectivity index is 0.00000320. The largest absolute Gasteiger partial charge is 0.357 e. The van der Waals surface area contributed by atoms with Crippen LogP contribution in [0.3, 0.4) is 0 Å². The molecule has 0 aliphatic carbocycles. The SMILES string of the molecule is CCNC(=NCc1ccccc1Cn1cccn1)NCC(=O)Nc1ccccc1.I. The molecule has 1 heterocycles. The Morgan fingerprint density at radius 3 is 2.43 bits per heavy atom. The molecule has 0 spiro atoms. The van der Waals surface area contributed by atoms with E-state index in [0.29, 0.717) is 25.6 Å². The molecule has 8 heteroatoms. The minimum Gasteiger partial charge on any atom is -0.357 e. The topological polar surface area (TPSA) is 83.3 Å². The summed E-state index contributed by atoms with van der Waals surface area (Å²) in [6, 6.07) is 19.5. The van der Waals surface area contributed by atoms with Gasteiger partial charge in [0.25, 0.3) is 0 Å². The van der Waals surface area contributed by atoms with Crippen LogP contribution in [0.15, 0.2) is 78.0 Å². The molecule has 0 radical (unpaired) electrons. The fraction of sp³-hybridized carbons (Fsp3) is 0.227. The second-order valence-electron chi connectivity index (χ2n) is 6.44. The summed E-state index contributed by atoms with van der Waals surface area (Å²) in [5.74, 6) is 0.477. The van der Waals surface area contributed by atoms with Crippen molar-refractivity contribution >= 4 is 41.5 Å². The van der Waals surface area contributed by atoms with E-state index in [1.165, 1.54) is 0 Å². The first-order valence-electron chi connectivity index (χ1n) is 9.66. The predicted molar refractivity (Wildman–Crippen MR) is 131 cm³/mol. The van der Waals surface area contributed by atoms with Crippen molar-refractivity contribution in [3.8, 4) is 0 Å². The minimum atomic E-state index is -0.124. The van der Waals surface area contributed by atoms with Crippen LogP contribution in [-0.4, -0.2) is 34.7 Å². The van der Waals surface area contributed by atoms with E-state index in [-0.39, 0.29) is 36.4 Å². The first-order chi connectivity index (χ1) is 14.2. The van der Waals surface area contributed by atoms with Crippen LogP contribution in [0.25, 0.3) is 0 Å². The fourth-order valence-corrected chi connectivity index (χ4v) is 2.83. The van der Waals surface area contributed by atoms with E-state index in [4.69, 9.17) is 0 Å². The Labute approximate surface area is 194 Å². The predicted octanol–water partition coefficient (Wildman–Crippen LogP) is 3.24. The summed E-state index contributed by atoms with van der Waals surface area (Å²) in [5.41, 5.74) is 3.06. The van der Waals surface area contributed by atoms with Crippen LogP contribution in [0.4, 0.5) is 5.69 Å². The number of halogens is 1. The zero-order valence-electron chi connectivity index (χ0n) is 16.9. The lowest BCUT2D eigenvalue weighted by atomic mass is 10.1. The molecule has 0 aliphatic heterocycles. The Morgan fingerprint density at radius 1 is 1.00 bits per heavy atom. The number of anilines is 1. The molecule has 158 valence electrons. The van der Waals surface area contributed by atoms with Gasteiger partial charge in [-0.2, -0.15) is 5.10 Å². The van der Waals surface area contributed by atoms with E-state index in [1.807, 2.05) is 66.3 Å². The average molecular weight is 518 g/mol. The summed E-state index contributed by atoms with van der Waals surface area (Å²) in [6.45, 7) is 4.04. The van der Waals surface area contributed by atoms with Crippen molar-refractivity contribution in [3.05, 3.63) is 84.2 Å². The van der Waals surface area contributed by atoms with E-state index < -0.39 is 0 Å². The summed E-state index contributed by atoms with van der Waals surface area (Å²) in [7, 11) is 0. The number of rotatable bonds is 8. The Hall–Kier alpha value is -2.88. The molecule has 3 rings (SSSR count). The first-order valence-corrected chi connectivity index (χ1v) is 9.66. The summed E-state index contributed by atoms with van der Waals surface area (Å²) in [6.07, 6.45) is 3.71. The number of nitrogens with one attached hydrogen (secondary N) is 3. The standard InChI is InChI=1S/C22H26N6O.HI/c1-2-23-22(25-16-21(29)27-20-11-4-3-5-12-20)24-15-18-9-6-7-10-19(18)17-28-14-8-13-26-28;/h3-14H,2,15-17H2,1H3,(H,27,29)(H2,23,24,25);1H. The number of benzene rings is 2. The summed E-state index contributed by atoms with van der Waals surface area (Å²) in [4.78, 5) is 16.8. The molecular weight excluding hydrogens is 491 g/mol. The molecule has 7 nitrogen and oxygen atoms in total. The van der Waals surface area contributed by atoms with E-state index in [2.05, 4.69) is 38.2 Å². The number of hydrogen-bond acceptors (Lipinski definition) is 3. The van der Waals surface area contributed by atoms with Gasteiger partial charge in [-0.15, -0.1) is 24.0 Å². The van der Waals surface area contributed by atoms with Gasteiger partial charge in [-0.25, -0.2) is 4.99 Å². The maximum atomic E-state index is 12.2.